The maximum absolute atomic E-state index is 11.3. The van der Waals surface area contributed by atoms with E-state index < -0.39 is 10.0 Å². The van der Waals surface area contributed by atoms with Crippen LogP contribution in [0.25, 0.3) is 0 Å². The third-order valence-corrected chi connectivity index (χ3v) is 3.22. The van der Waals surface area contributed by atoms with Gasteiger partial charge in [0.25, 0.3) is 0 Å². The Bertz CT molecular complexity index is 406. The Labute approximate surface area is 88.4 Å². The Balaban J connectivity index is 2.79. The molecule has 0 aliphatic rings. The van der Waals surface area contributed by atoms with E-state index in [0.29, 0.717) is 5.69 Å². The van der Waals surface area contributed by atoms with Crippen molar-refractivity contribution >= 4 is 27.3 Å². The van der Waals surface area contributed by atoms with Crippen molar-refractivity contribution in [3.05, 3.63) is 24.0 Å². The van der Waals surface area contributed by atoms with Gasteiger partial charge in [-0.3, -0.25) is 9.71 Å². The first-order chi connectivity index (χ1) is 6.53. The zero-order valence-corrected chi connectivity index (χ0v) is 9.27. The lowest BCUT2D eigenvalue weighted by Crippen LogP contribution is -2.17. The fourth-order valence-corrected chi connectivity index (χ4v) is 2.34. The number of aromatic nitrogens is 1. The van der Waals surface area contributed by atoms with Crippen LogP contribution in [0, 0.1) is 6.92 Å². The number of nitrogens with zero attached hydrogens (tertiary/aromatic N) is 1. The molecule has 4 nitrogen and oxygen atoms in total. The van der Waals surface area contributed by atoms with Crippen LogP contribution in [0.15, 0.2) is 18.3 Å². The molecular weight excluding hydrogens is 224 g/mol. The van der Waals surface area contributed by atoms with Gasteiger partial charge in [0.2, 0.25) is 10.0 Å². The summed E-state index contributed by atoms with van der Waals surface area (Å²) in [5.41, 5.74) is 1.28. The number of aryl methyl sites for hydroxylation is 1. The molecule has 1 aromatic rings. The standard InChI is InChI=1S/C8H11ClN2O2S/c1-7-6-8(2-4-10-7)11-14(12,13)5-3-9/h2,4,6H,3,5H2,1H3,(H,10,11). The van der Waals surface area contributed by atoms with Crippen molar-refractivity contribution in [2.45, 2.75) is 6.92 Å². The minimum Gasteiger partial charge on any atom is -0.283 e. The predicted molar refractivity (Wildman–Crippen MR) is 57.1 cm³/mol. The first-order valence-electron chi connectivity index (χ1n) is 4.02. The van der Waals surface area contributed by atoms with E-state index in [0.717, 1.165) is 5.69 Å². The minimum absolute atomic E-state index is 0.0827. The topological polar surface area (TPSA) is 59.1 Å². The van der Waals surface area contributed by atoms with E-state index in [-0.39, 0.29) is 11.6 Å². The van der Waals surface area contributed by atoms with Crippen LogP contribution in [0.3, 0.4) is 0 Å². The molecule has 0 aliphatic carbocycles. The van der Waals surface area contributed by atoms with E-state index >= 15 is 0 Å². The Morgan fingerprint density at radius 1 is 1.57 bits per heavy atom. The first-order valence-corrected chi connectivity index (χ1v) is 6.21. The van der Waals surface area contributed by atoms with Gasteiger partial charge in [-0.25, -0.2) is 8.42 Å². The van der Waals surface area contributed by atoms with Crippen LogP contribution in [0.1, 0.15) is 5.69 Å². The van der Waals surface area contributed by atoms with Gasteiger partial charge in [-0.1, -0.05) is 0 Å². The lowest BCUT2D eigenvalue weighted by molar-refractivity contribution is 0.602. The van der Waals surface area contributed by atoms with Crippen LogP contribution in [-0.2, 0) is 10.0 Å². The number of sulfonamides is 1. The molecule has 0 fully saturated rings. The molecule has 78 valence electrons. The van der Waals surface area contributed by atoms with Crippen molar-refractivity contribution in [2.24, 2.45) is 0 Å². The third kappa shape index (κ3) is 3.51. The molecule has 0 spiro atoms. The molecule has 1 heterocycles. The highest BCUT2D eigenvalue weighted by Gasteiger charge is 2.08. The highest BCUT2D eigenvalue weighted by Crippen LogP contribution is 2.09. The second kappa shape index (κ2) is 4.61. The summed E-state index contributed by atoms with van der Waals surface area (Å²) < 4.78 is 25.0. The van der Waals surface area contributed by atoms with Crippen LogP contribution in [-0.4, -0.2) is 25.0 Å². The number of alkyl halides is 1. The van der Waals surface area contributed by atoms with Crippen molar-refractivity contribution < 1.29 is 8.42 Å². The fourth-order valence-electron chi connectivity index (χ4n) is 0.941. The van der Waals surface area contributed by atoms with E-state index in [9.17, 15) is 8.42 Å². The summed E-state index contributed by atoms with van der Waals surface area (Å²) in [7, 11) is -3.31. The third-order valence-electron chi connectivity index (χ3n) is 1.52. The molecule has 0 saturated carbocycles. The number of pyridine rings is 1. The quantitative estimate of drug-likeness (QED) is 0.801. The zero-order valence-electron chi connectivity index (χ0n) is 7.70. The molecule has 0 aliphatic heterocycles. The smallest absolute Gasteiger partial charge is 0.233 e. The monoisotopic (exact) mass is 234 g/mol. The summed E-state index contributed by atoms with van der Waals surface area (Å²) in [5.74, 6) is -0.00464. The van der Waals surface area contributed by atoms with Crippen LogP contribution in [0.4, 0.5) is 5.69 Å². The van der Waals surface area contributed by atoms with Crippen LogP contribution >= 0.6 is 11.6 Å². The van der Waals surface area contributed by atoms with E-state index in [2.05, 4.69) is 9.71 Å². The molecule has 0 saturated heterocycles. The first kappa shape index (κ1) is 11.3. The van der Waals surface area contributed by atoms with Gasteiger partial charge in [0.1, 0.15) is 0 Å². The molecule has 0 unspecified atom stereocenters. The van der Waals surface area contributed by atoms with Gasteiger partial charge in [-0.15, -0.1) is 11.6 Å². The number of halogens is 1. The normalized spacial score (nSPS) is 11.3. The minimum atomic E-state index is -3.31. The number of nitrogens with one attached hydrogen (secondary N) is 1. The highest BCUT2D eigenvalue weighted by molar-refractivity contribution is 7.92. The molecule has 6 heteroatoms. The van der Waals surface area contributed by atoms with Gasteiger partial charge < -0.3 is 0 Å². The predicted octanol–water partition coefficient (Wildman–Crippen LogP) is 1.37. The summed E-state index contributed by atoms with van der Waals surface area (Å²) in [6, 6.07) is 3.25. The van der Waals surface area contributed by atoms with E-state index in [1.807, 2.05) is 0 Å². The molecule has 0 amide bonds. The van der Waals surface area contributed by atoms with Crippen molar-refractivity contribution in [2.75, 3.05) is 16.4 Å². The maximum atomic E-state index is 11.3. The van der Waals surface area contributed by atoms with Gasteiger partial charge in [0.05, 0.1) is 11.4 Å². The molecule has 0 aromatic carbocycles. The molecule has 14 heavy (non-hydrogen) atoms. The lowest BCUT2D eigenvalue weighted by atomic mass is 10.3. The summed E-state index contributed by atoms with van der Waals surface area (Å²) in [5, 5.41) is 0. The lowest BCUT2D eigenvalue weighted by Gasteiger charge is -2.06. The summed E-state index contributed by atoms with van der Waals surface area (Å²) in [4.78, 5) is 3.95. The Morgan fingerprint density at radius 2 is 2.29 bits per heavy atom. The fraction of sp³-hybridized carbons (Fsp3) is 0.375. The second-order valence-electron chi connectivity index (χ2n) is 2.80. The van der Waals surface area contributed by atoms with Gasteiger partial charge >= 0.3 is 0 Å². The summed E-state index contributed by atoms with van der Waals surface area (Å²) in [6.45, 7) is 1.79. The van der Waals surface area contributed by atoms with Crippen LogP contribution in [0.2, 0.25) is 0 Å². The van der Waals surface area contributed by atoms with Gasteiger partial charge in [0.15, 0.2) is 0 Å². The van der Waals surface area contributed by atoms with E-state index in [4.69, 9.17) is 11.6 Å². The van der Waals surface area contributed by atoms with Crippen molar-refractivity contribution in [1.82, 2.24) is 4.98 Å². The number of hydrogen-bond acceptors (Lipinski definition) is 3. The summed E-state index contributed by atoms with van der Waals surface area (Å²) >= 11 is 5.35. The largest absolute Gasteiger partial charge is 0.283 e. The highest BCUT2D eigenvalue weighted by atomic mass is 35.5. The summed E-state index contributed by atoms with van der Waals surface area (Å²) in [6.07, 6.45) is 1.55. The zero-order chi connectivity index (χ0) is 10.6. The van der Waals surface area contributed by atoms with Gasteiger partial charge in [-0.05, 0) is 19.1 Å². The molecule has 1 aromatic heterocycles. The molecule has 0 bridgehead atoms. The van der Waals surface area contributed by atoms with Gasteiger partial charge in [0, 0.05) is 17.8 Å². The SMILES string of the molecule is Cc1cc(NS(=O)(=O)CCCl)ccn1. The van der Waals surface area contributed by atoms with Crippen molar-refractivity contribution in [1.29, 1.82) is 0 Å². The van der Waals surface area contributed by atoms with Crippen LogP contribution < -0.4 is 4.72 Å². The van der Waals surface area contributed by atoms with Gasteiger partial charge in [-0.2, -0.15) is 0 Å². The second-order valence-corrected chi connectivity index (χ2v) is 5.02. The number of hydrogen-bond donors (Lipinski definition) is 1. The molecule has 0 radical (unpaired) electrons. The van der Waals surface area contributed by atoms with Crippen molar-refractivity contribution in [3.8, 4) is 0 Å². The van der Waals surface area contributed by atoms with E-state index in [1.54, 1.807) is 25.3 Å². The Morgan fingerprint density at radius 3 is 2.86 bits per heavy atom. The van der Waals surface area contributed by atoms with Crippen LogP contribution in [0.5, 0.6) is 0 Å². The van der Waals surface area contributed by atoms with Crippen molar-refractivity contribution in [3.63, 3.8) is 0 Å². The Kier molecular flexibility index (Phi) is 3.71. The molecule has 0 atom stereocenters. The molecule has 1 N–H and O–H groups in total. The average Bonchev–Trinajstić information content (AvgIpc) is 2.02. The molecular formula is C8H11ClN2O2S. The number of rotatable bonds is 4. The maximum Gasteiger partial charge on any atom is 0.233 e. The van der Waals surface area contributed by atoms with E-state index in [1.165, 1.54) is 0 Å². The average molecular weight is 235 g/mol. The number of anilines is 1. The molecule has 1 rings (SSSR count). The Hall–Kier alpha value is -0.810.